The van der Waals surface area contributed by atoms with Gasteiger partial charge < -0.3 is 4.90 Å². The molecule has 2 atom stereocenters. The minimum absolute atomic E-state index is 0.180. The lowest BCUT2D eigenvalue weighted by atomic mass is 9.91. The van der Waals surface area contributed by atoms with Crippen molar-refractivity contribution >= 4 is 5.91 Å². The van der Waals surface area contributed by atoms with Crippen LogP contribution in [0.4, 0.5) is 0 Å². The lowest BCUT2D eigenvalue weighted by Crippen LogP contribution is -2.46. The second kappa shape index (κ2) is 4.71. The van der Waals surface area contributed by atoms with Gasteiger partial charge in [0.15, 0.2) is 0 Å². The Morgan fingerprint density at radius 1 is 1.28 bits per heavy atom. The van der Waals surface area contributed by atoms with E-state index in [-0.39, 0.29) is 5.91 Å². The van der Waals surface area contributed by atoms with Gasteiger partial charge >= 0.3 is 0 Å². The van der Waals surface area contributed by atoms with Gasteiger partial charge in [-0.05, 0) is 50.7 Å². The van der Waals surface area contributed by atoms with E-state index in [0.717, 1.165) is 30.1 Å². The molecule has 1 saturated heterocycles. The highest BCUT2D eigenvalue weighted by Crippen LogP contribution is 2.37. The van der Waals surface area contributed by atoms with Crippen molar-refractivity contribution in [2.45, 2.75) is 45.1 Å². The Bertz CT molecular complexity index is 440. The number of likely N-dealkylation sites (tertiary alicyclic amines) is 1. The number of rotatable bonds is 1. The predicted octanol–water partition coefficient (Wildman–Crippen LogP) is 2.79. The third-order valence-corrected chi connectivity index (χ3v) is 4.41. The first-order valence-electron chi connectivity index (χ1n) is 6.99. The molecule has 3 nitrogen and oxygen atoms in total. The summed E-state index contributed by atoms with van der Waals surface area (Å²) in [5.74, 6) is 0.931. The van der Waals surface area contributed by atoms with E-state index in [4.69, 9.17) is 0 Å². The number of aryl methyl sites for hydroxylation is 1. The first-order chi connectivity index (χ1) is 8.75. The number of carbonyl (C=O) groups is 1. The molecular formula is C15H20N2O. The van der Waals surface area contributed by atoms with Crippen molar-refractivity contribution in [3.8, 4) is 0 Å². The van der Waals surface area contributed by atoms with Gasteiger partial charge in [-0.25, -0.2) is 0 Å². The van der Waals surface area contributed by atoms with Crippen LogP contribution in [0.15, 0.2) is 18.3 Å². The maximum absolute atomic E-state index is 12.5. The zero-order valence-electron chi connectivity index (χ0n) is 10.9. The number of carbonyl (C=O) groups excluding carboxylic acids is 1. The van der Waals surface area contributed by atoms with E-state index in [1.807, 2.05) is 19.1 Å². The van der Waals surface area contributed by atoms with Crippen LogP contribution in [-0.4, -0.2) is 28.4 Å². The average molecular weight is 244 g/mol. The Morgan fingerprint density at radius 2 is 2.11 bits per heavy atom. The van der Waals surface area contributed by atoms with Crippen LogP contribution in [0.1, 0.15) is 48.2 Å². The maximum atomic E-state index is 12.5. The van der Waals surface area contributed by atoms with Crippen molar-refractivity contribution in [2.75, 3.05) is 6.54 Å². The van der Waals surface area contributed by atoms with Crippen LogP contribution < -0.4 is 0 Å². The summed E-state index contributed by atoms with van der Waals surface area (Å²) in [5.41, 5.74) is 1.71. The Labute approximate surface area is 108 Å². The number of aromatic nitrogens is 1. The molecular weight excluding hydrogens is 224 g/mol. The molecule has 0 bridgehead atoms. The van der Waals surface area contributed by atoms with Crippen LogP contribution in [-0.2, 0) is 0 Å². The molecule has 1 aromatic rings. The zero-order valence-corrected chi connectivity index (χ0v) is 10.9. The monoisotopic (exact) mass is 244 g/mol. The highest BCUT2D eigenvalue weighted by molar-refractivity contribution is 5.94. The fourth-order valence-electron chi connectivity index (χ4n) is 3.47. The molecule has 1 amide bonds. The standard InChI is InChI=1S/C15H20N2O/c1-11-7-8-13(10-16-11)15(18)17-9-3-5-12-4-2-6-14(12)17/h7-8,10,12,14H,2-6,9H2,1H3. The van der Waals surface area contributed by atoms with Gasteiger partial charge in [-0.15, -0.1) is 0 Å². The van der Waals surface area contributed by atoms with Gasteiger partial charge in [-0.1, -0.05) is 6.42 Å². The molecule has 0 aromatic carbocycles. The van der Waals surface area contributed by atoms with Gasteiger partial charge in [-0.2, -0.15) is 0 Å². The molecule has 1 aromatic heterocycles. The topological polar surface area (TPSA) is 33.2 Å². The molecule has 3 heteroatoms. The van der Waals surface area contributed by atoms with Crippen LogP contribution in [0.5, 0.6) is 0 Å². The highest BCUT2D eigenvalue weighted by Gasteiger charge is 2.37. The zero-order chi connectivity index (χ0) is 12.5. The van der Waals surface area contributed by atoms with E-state index in [0.29, 0.717) is 6.04 Å². The Balaban J connectivity index is 1.81. The normalized spacial score (nSPS) is 27.1. The Morgan fingerprint density at radius 3 is 2.89 bits per heavy atom. The van der Waals surface area contributed by atoms with Gasteiger partial charge in [0.1, 0.15) is 0 Å². The van der Waals surface area contributed by atoms with Crippen molar-refractivity contribution < 1.29 is 4.79 Å². The van der Waals surface area contributed by atoms with Gasteiger partial charge in [0.25, 0.3) is 5.91 Å². The number of pyridine rings is 1. The number of piperidine rings is 1. The van der Waals surface area contributed by atoms with Crippen molar-refractivity contribution in [1.29, 1.82) is 0 Å². The smallest absolute Gasteiger partial charge is 0.255 e. The van der Waals surface area contributed by atoms with E-state index < -0.39 is 0 Å². The molecule has 3 rings (SSSR count). The molecule has 1 aliphatic carbocycles. The number of fused-ring (bicyclic) bond motifs is 1. The van der Waals surface area contributed by atoms with Crippen LogP contribution in [0.2, 0.25) is 0 Å². The lowest BCUT2D eigenvalue weighted by molar-refractivity contribution is 0.0548. The summed E-state index contributed by atoms with van der Waals surface area (Å²) in [6, 6.07) is 4.32. The molecule has 2 fully saturated rings. The lowest BCUT2D eigenvalue weighted by Gasteiger charge is -2.37. The molecule has 1 aliphatic heterocycles. The fraction of sp³-hybridized carbons (Fsp3) is 0.600. The van der Waals surface area contributed by atoms with Crippen molar-refractivity contribution in [2.24, 2.45) is 5.92 Å². The first kappa shape index (κ1) is 11.7. The molecule has 2 unspecified atom stereocenters. The van der Waals surface area contributed by atoms with Crippen LogP contribution in [0.25, 0.3) is 0 Å². The summed E-state index contributed by atoms with van der Waals surface area (Å²) < 4.78 is 0. The second-order valence-electron chi connectivity index (χ2n) is 5.59. The molecule has 2 heterocycles. The molecule has 2 aliphatic rings. The maximum Gasteiger partial charge on any atom is 0.255 e. The molecule has 96 valence electrons. The number of hydrogen-bond acceptors (Lipinski definition) is 2. The third-order valence-electron chi connectivity index (χ3n) is 4.41. The van der Waals surface area contributed by atoms with Gasteiger partial charge in [0, 0.05) is 24.5 Å². The second-order valence-corrected chi connectivity index (χ2v) is 5.59. The predicted molar refractivity (Wildman–Crippen MR) is 70.4 cm³/mol. The SMILES string of the molecule is Cc1ccc(C(=O)N2CCCC3CCCC32)cn1. The van der Waals surface area contributed by atoms with E-state index in [2.05, 4.69) is 9.88 Å². The highest BCUT2D eigenvalue weighted by atomic mass is 16.2. The number of amides is 1. The minimum atomic E-state index is 0.180. The number of hydrogen-bond donors (Lipinski definition) is 0. The summed E-state index contributed by atoms with van der Waals surface area (Å²) in [7, 11) is 0. The van der Waals surface area contributed by atoms with Crippen LogP contribution in [0.3, 0.4) is 0 Å². The fourth-order valence-corrected chi connectivity index (χ4v) is 3.47. The molecule has 18 heavy (non-hydrogen) atoms. The van der Waals surface area contributed by atoms with Gasteiger partial charge in [0.05, 0.1) is 5.56 Å². The van der Waals surface area contributed by atoms with E-state index in [1.165, 1.54) is 25.7 Å². The summed E-state index contributed by atoms with van der Waals surface area (Å²) in [6.45, 7) is 2.87. The molecule has 0 spiro atoms. The third kappa shape index (κ3) is 2.02. The largest absolute Gasteiger partial charge is 0.335 e. The molecule has 0 N–H and O–H groups in total. The summed E-state index contributed by atoms with van der Waals surface area (Å²) in [5, 5.41) is 0. The summed E-state index contributed by atoms with van der Waals surface area (Å²) in [4.78, 5) is 18.9. The van der Waals surface area contributed by atoms with Crippen molar-refractivity contribution in [3.63, 3.8) is 0 Å². The summed E-state index contributed by atoms with van der Waals surface area (Å²) in [6.07, 6.45) is 7.96. The van der Waals surface area contributed by atoms with Gasteiger partial charge in [-0.3, -0.25) is 9.78 Å². The van der Waals surface area contributed by atoms with Crippen molar-refractivity contribution in [1.82, 2.24) is 9.88 Å². The number of nitrogens with zero attached hydrogens (tertiary/aromatic N) is 2. The molecule has 0 radical (unpaired) electrons. The van der Waals surface area contributed by atoms with Gasteiger partial charge in [0.2, 0.25) is 0 Å². The first-order valence-corrected chi connectivity index (χ1v) is 6.99. The van der Waals surface area contributed by atoms with Crippen LogP contribution >= 0.6 is 0 Å². The molecule has 1 saturated carbocycles. The summed E-state index contributed by atoms with van der Waals surface area (Å²) >= 11 is 0. The van der Waals surface area contributed by atoms with E-state index >= 15 is 0 Å². The Hall–Kier alpha value is -1.38. The van der Waals surface area contributed by atoms with Crippen LogP contribution in [0, 0.1) is 12.8 Å². The quantitative estimate of drug-likeness (QED) is 0.761. The van der Waals surface area contributed by atoms with E-state index in [1.54, 1.807) is 6.20 Å². The minimum Gasteiger partial charge on any atom is -0.335 e. The Kier molecular flexibility index (Phi) is 3.06. The van der Waals surface area contributed by atoms with Crippen molar-refractivity contribution in [3.05, 3.63) is 29.6 Å². The average Bonchev–Trinajstić information content (AvgIpc) is 2.87. The van der Waals surface area contributed by atoms with E-state index in [9.17, 15) is 4.79 Å².